The highest BCUT2D eigenvalue weighted by molar-refractivity contribution is 7.89. The molecule has 0 aliphatic carbocycles. The summed E-state index contributed by atoms with van der Waals surface area (Å²) in [6, 6.07) is 4.22. The van der Waals surface area contributed by atoms with E-state index in [1.54, 1.807) is 0 Å². The third kappa shape index (κ3) is 3.71. The van der Waals surface area contributed by atoms with Crippen molar-refractivity contribution >= 4 is 33.2 Å². The van der Waals surface area contributed by atoms with Gasteiger partial charge >= 0.3 is 0 Å². The molecular weight excluding hydrogens is 331 g/mol. The van der Waals surface area contributed by atoms with Crippen molar-refractivity contribution in [2.24, 2.45) is 11.7 Å². The predicted octanol–water partition coefficient (Wildman–Crippen LogP) is 3.13. The molecule has 7 heteroatoms. The van der Waals surface area contributed by atoms with Gasteiger partial charge in [-0.25, -0.2) is 8.42 Å². The average molecular weight is 351 g/mol. The molecule has 2 unspecified atom stereocenters. The van der Waals surface area contributed by atoms with Crippen molar-refractivity contribution in [2.75, 3.05) is 13.1 Å². The molecule has 1 aliphatic rings. The van der Waals surface area contributed by atoms with Crippen LogP contribution in [-0.4, -0.2) is 31.9 Å². The Morgan fingerprint density at radius 3 is 2.43 bits per heavy atom. The zero-order chi connectivity index (χ0) is 15.6. The summed E-state index contributed by atoms with van der Waals surface area (Å²) in [5, 5.41) is 0.627. The van der Waals surface area contributed by atoms with Crippen molar-refractivity contribution in [3.63, 3.8) is 0 Å². The van der Waals surface area contributed by atoms with E-state index < -0.39 is 10.0 Å². The van der Waals surface area contributed by atoms with Crippen LogP contribution >= 0.6 is 23.2 Å². The van der Waals surface area contributed by atoms with Gasteiger partial charge in [0.15, 0.2) is 0 Å². The summed E-state index contributed by atoms with van der Waals surface area (Å²) < 4.78 is 27.1. The summed E-state index contributed by atoms with van der Waals surface area (Å²) in [7, 11) is -3.62. The summed E-state index contributed by atoms with van der Waals surface area (Å²) in [6.45, 7) is 2.94. The topological polar surface area (TPSA) is 63.4 Å². The first-order valence-electron chi connectivity index (χ1n) is 7.06. The number of nitrogens with zero attached hydrogens (tertiary/aromatic N) is 1. The number of nitrogens with two attached hydrogens (primary N) is 1. The van der Waals surface area contributed by atoms with Crippen molar-refractivity contribution in [3.8, 4) is 0 Å². The minimum Gasteiger partial charge on any atom is -0.329 e. The first-order valence-corrected chi connectivity index (χ1v) is 9.26. The smallest absolute Gasteiger partial charge is 0.243 e. The van der Waals surface area contributed by atoms with Crippen molar-refractivity contribution in [1.82, 2.24) is 4.31 Å². The summed E-state index contributed by atoms with van der Waals surface area (Å²) >= 11 is 11.8. The van der Waals surface area contributed by atoms with E-state index in [-0.39, 0.29) is 10.9 Å². The Hall–Kier alpha value is -0.330. The largest absolute Gasteiger partial charge is 0.329 e. The molecule has 4 nitrogen and oxygen atoms in total. The van der Waals surface area contributed by atoms with Crippen LogP contribution < -0.4 is 5.73 Å². The monoisotopic (exact) mass is 350 g/mol. The number of halogens is 2. The highest BCUT2D eigenvalue weighted by Crippen LogP contribution is 2.31. The molecule has 0 bridgehead atoms. The molecule has 1 saturated heterocycles. The third-order valence-electron chi connectivity index (χ3n) is 4.06. The van der Waals surface area contributed by atoms with Gasteiger partial charge in [0.05, 0.1) is 4.90 Å². The number of rotatable bonds is 4. The second kappa shape index (κ2) is 6.84. The molecule has 0 aromatic heterocycles. The Bertz CT molecular complexity index is 587. The number of piperidine rings is 1. The van der Waals surface area contributed by atoms with Gasteiger partial charge in [-0.1, -0.05) is 36.5 Å². The number of hydrogen-bond acceptors (Lipinski definition) is 3. The maximum atomic E-state index is 12.8. The Balaban J connectivity index is 2.34. The Morgan fingerprint density at radius 1 is 1.29 bits per heavy atom. The fourth-order valence-electron chi connectivity index (χ4n) is 2.83. The van der Waals surface area contributed by atoms with Gasteiger partial charge in [-0.15, -0.1) is 0 Å². The van der Waals surface area contributed by atoms with Crippen molar-refractivity contribution < 1.29 is 8.42 Å². The molecule has 2 rings (SSSR count). The first kappa shape index (κ1) is 17.0. The maximum absolute atomic E-state index is 12.8. The van der Waals surface area contributed by atoms with Crippen LogP contribution in [0.3, 0.4) is 0 Å². The third-order valence-corrected chi connectivity index (χ3v) is 6.43. The van der Waals surface area contributed by atoms with E-state index in [1.165, 1.54) is 22.5 Å². The van der Waals surface area contributed by atoms with Crippen LogP contribution in [0, 0.1) is 5.92 Å². The summed E-state index contributed by atoms with van der Waals surface area (Å²) in [5.74, 6) is 0.535. The zero-order valence-corrected chi connectivity index (χ0v) is 14.3. The molecule has 118 valence electrons. The van der Waals surface area contributed by atoms with Crippen molar-refractivity contribution in [1.29, 1.82) is 0 Å². The fourth-order valence-corrected chi connectivity index (χ4v) is 5.21. The van der Waals surface area contributed by atoms with Crippen molar-refractivity contribution in [2.45, 2.75) is 37.1 Å². The van der Waals surface area contributed by atoms with Gasteiger partial charge in [-0.05, 0) is 37.0 Å². The van der Waals surface area contributed by atoms with Crippen LogP contribution in [0.15, 0.2) is 23.1 Å². The van der Waals surface area contributed by atoms with E-state index in [1.807, 2.05) is 0 Å². The second-order valence-corrected chi connectivity index (χ2v) is 8.17. The molecule has 2 N–H and O–H groups in total. The van der Waals surface area contributed by atoms with E-state index >= 15 is 0 Å². The van der Waals surface area contributed by atoms with Gasteiger partial charge in [-0.2, -0.15) is 4.31 Å². The van der Waals surface area contributed by atoms with E-state index in [4.69, 9.17) is 28.9 Å². The van der Waals surface area contributed by atoms with E-state index in [0.717, 1.165) is 19.3 Å². The average Bonchev–Trinajstić information content (AvgIpc) is 2.45. The Labute approximate surface area is 136 Å². The molecule has 21 heavy (non-hydrogen) atoms. The van der Waals surface area contributed by atoms with Crippen LogP contribution in [0.2, 0.25) is 10.0 Å². The van der Waals surface area contributed by atoms with Gasteiger partial charge in [0.2, 0.25) is 10.0 Å². The van der Waals surface area contributed by atoms with Crippen molar-refractivity contribution in [3.05, 3.63) is 28.2 Å². The summed E-state index contributed by atoms with van der Waals surface area (Å²) in [4.78, 5) is 0.133. The SMILES string of the molecule is CCC1CCN(S(=O)(=O)c2cc(Cl)cc(Cl)c2)C(CN)C1. The molecule has 0 radical (unpaired) electrons. The molecule has 2 atom stereocenters. The molecular formula is C14H20Cl2N2O2S. The number of sulfonamides is 1. The van der Waals surface area contributed by atoms with Crippen LogP contribution in [0.1, 0.15) is 26.2 Å². The van der Waals surface area contributed by atoms with Crippen LogP contribution in [0.5, 0.6) is 0 Å². The minimum atomic E-state index is -3.62. The number of hydrogen-bond donors (Lipinski definition) is 1. The predicted molar refractivity (Wildman–Crippen MR) is 86.2 cm³/mol. The van der Waals surface area contributed by atoms with Crippen LogP contribution in [-0.2, 0) is 10.0 Å². The van der Waals surface area contributed by atoms with E-state index in [9.17, 15) is 8.42 Å². The lowest BCUT2D eigenvalue weighted by Gasteiger charge is -2.37. The molecule has 0 saturated carbocycles. The Kier molecular flexibility index (Phi) is 5.54. The molecule has 1 aliphatic heterocycles. The van der Waals surface area contributed by atoms with Gasteiger partial charge in [0.1, 0.15) is 0 Å². The summed E-state index contributed by atoms with van der Waals surface area (Å²) in [6.07, 6.45) is 2.72. The fraction of sp³-hybridized carbons (Fsp3) is 0.571. The number of benzene rings is 1. The van der Waals surface area contributed by atoms with Gasteiger partial charge < -0.3 is 5.73 Å². The maximum Gasteiger partial charge on any atom is 0.243 e. The highest BCUT2D eigenvalue weighted by atomic mass is 35.5. The molecule has 1 aromatic rings. The van der Waals surface area contributed by atoms with E-state index in [0.29, 0.717) is 29.1 Å². The lowest BCUT2D eigenvalue weighted by atomic mass is 9.90. The first-order chi connectivity index (χ1) is 9.88. The molecule has 0 amide bonds. The van der Waals surface area contributed by atoms with E-state index in [2.05, 4.69) is 6.92 Å². The van der Waals surface area contributed by atoms with Gasteiger partial charge in [0, 0.05) is 29.2 Å². The highest BCUT2D eigenvalue weighted by Gasteiger charge is 2.35. The lowest BCUT2D eigenvalue weighted by Crippen LogP contribution is -2.49. The molecule has 1 heterocycles. The van der Waals surface area contributed by atoms with Crippen LogP contribution in [0.25, 0.3) is 0 Å². The Morgan fingerprint density at radius 2 is 1.90 bits per heavy atom. The zero-order valence-electron chi connectivity index (χ0n) is 11.9. The lowest BCUT2D eigenvalue weighted by molar-refractivity contribution is 0.197. The molecule has 0 spiro atoms. The standard InChI is InChI=1S/C14H20Cl2N2O2S/c1-2-10-3-4-18(13(5-10)9-17)21(19,20)14-7-11(15)6-12(16)8-14/h6-8,10,13H,2-5,9,17H2,1H3. The molecule has 1 aromatic carbocycles. The van der Waals surface area contributed by atoms with Crippen LogP contribution in [0.4, 0.5) is 0 Å². The quantitative estimate of drug-likeness (QED) is 0.907. The molecule has 1 fully saturated rings. The van der Waals surface area contributed by atoms with Gasteiger partial charge in [0.25, 0.3) is 0 Å². The van der Waals surface area contributed by atoms with Gasteiger partial charge in [-0.3, -0.25) is 0 Å². The normalized spacial score (nSPS) is 24.2. The second-order valence-electron chi connectivity index (χ2n) is 5.41. The minimum absolute atomic E-state index is 0.133. The summed E-state index contributed by atoms with van der Waals surface area (Å²) in [5.41, 5.74) is 5.79.